The number of nitriles is 1. The Balaban J connectivity index is 1.41. The zero-order chi connectivity index (χ0) is 21.1. The van der Waals surface area contributed by atoms with Crippen LogP contribution in [0.15, 0.2) is 30.3 Å². The Morgan fingerprint density at radius 2 is 1.40 bits per heavy atom. The second-order valence-electron chi connectivity index (χ2n) is 7.16. The highest BCUT2D eigenvalue weighted by Gasteiger charge is 2.32. The average molecular weight is 418 g/mol. The summed E-state index contributed by atoms with van der Waals surface area (Å²) < 4.78 is 44.1. The van der Waals surface area contributed by atoms with Gasteiger partial charge in [-0.1, -0.05) is 0 Å². The average Bonchev–Trinajstić information content (AvgIpc) is 2.79. The number of hydrogen-bond acceptors (Lipinski definition) is 7. The van der Waals surface area contributed by atoms with E-state index in [1.165, 1.54) is 6.07 Å². The summed E-state index contributed by atoms with van der Waals surface area (Å²) >= 11 is 0. The van der Waals surface area contributed by atoms with Gasteiger partial charge < -0.3 is 19.4 Å². The van der Waals surface area contributed by atoms with E-state index in [1.807, 2.05) is 23.1 Å². The van der Waals surface area contributed by atoms with Crippen molar-refractivity contribution in [2.75, 3.05) is 67.2 Å². The molecular formula is C20H21F3N6O. The molecule has 0 aliphatic carbocycles. The van der Waals surface area contributed by atoms with Crippen molar-refractivity contribution < 1.29 is 17.9 Å². The lowest BCUT2D eigenvalue weighted by molar-refractivity contribution is -0.137. The fourth-order valence-corrected chi connectivity index (χ4v) is 3.70. The topological polar surface area (TPSA) is 68.5 Å². The molecule has 0 N–H and O–H groups in total. The molecule has 0 bridgehead atoms. The largest absolute Gasteiger partial charge is 0.416 e. The van der Waals surface area contributed by atoms with Crippen molar-refractivity contribution >= 4 is 17.3 Å². The van der Waals surface area contributed by atoms with Crippen molar-refractivity contribution in [1.29, 1.82) is 5.26 Å². The van der Waals surface area contributed by atoms with Crippen LogP contribution in [0.4, 0.5) is 30.5 Å². The number of nitrogens with zero attached hydrogens (tertiary/aromatic N) is 6. The van der Waals surface area contributed by atoms with E-state index in [9.17, 15) is 18.4 Å². The predicted molar refractivity (Wildman–Crippen MR) is 106 cm³/mol. The highest BCUT2D eigenvalue weighted by atomic mass is 19.4. The number of benzene rings is 1. The molecule has 0 radical (unpaired) electrons. The first-order valence-corrected chi connectivity index (χ1v) is 9.73. The van der Waals surface area contributed by atoms with E-state index < -0.39 is 11.7 Å². The Bertz CT molecular complexity index is 914. The van der Waals surface area contributed by atoms with Crippen molar-refractivity contribution in [3.8, 4) is 6.07 Å². The van der Waals surface area contributed by atoms with E-state index >= 15 is 0 Å². The van der Waals surface area contributed by atoms with Gasteiger partial charge >= 0.3 is 6.18 Å². The Hall–Kier alpha value is -3.06. The summed E-state index contributed by atoms with van der Waals surface area (Å²) in [5.41, 5.74) is -0.246. The molecule has 0 spiro atoms. The number of anilines is 3. The number of piperazine rings is 1. The summed E-state index contributed by atoms with van der Waals surface area (Å²) in [5, 5.41) is 18.0. The molecule has 2 aliphatic rings. The first-order chi connectivity index (χ1) is 14.5. The van der Waals surface area contributed by atoms with Gasteiger partial charge in [0.05, 0.1) is 30.0 Å². The molecule has 0 unspecified atom stereocenters. The quantitative estimate of drug-likeness (QED) is 0.759. The Morgan fingerprint density at radius 3 is 1.93 bits per heavy atom. The fraction of sp³-hybridized carbons (Fsp3) is 0.450. The Morgan fingerprint density at radius 1 is 0.833 bits per heavy atom. The maximum absolute atomic E-state index is 12.9. The minimum absolute atomic E-state index is 0.0351. The molecule has 1 aromatic carbocycles. The van der Waals surface area contributed by atoms with Gasteiger partial charge in [-0.3, -0.25) is 0 Å². The molecule has 1 aromatic heterocycles. The second kappa shape index (κ2) is 8.36. The van der Waals surface area contributed by atoms with Gasteiger partial charge in [-0.05, 0) is 30.3 Å². The van der Waals surface area contributed by atoms with Gasteiger partial charge in [-0.25, -0.2) is 0 Å². The van der Waals surface area contributed by atoms with Gasteiger partial charge in [0.15, 0.2) is 11.6 Å². The van der Waals surface area contributed by atoms with Gasteiger partial charge in [-0.15, -0.1) is 10.2 Å². The second-order valence-corrected chi connectivity index (χ2v) is 7.16. The molecule has 7 nitrogen and oxygen atoms in total. The van der Waals surface area contributed by atoms with Gasteiger partial charge in [-0.2, -0.15) is 18.4 Å². The summed E-state index contributed by atoms with van der Waals surface area (Å²) in [6, 6.07) is 9.10. The van der Waals surface area contributed by atoms with Crippen LogP contribution >= 0.6 is 0 Å². The van der Waals surface area contributed by atoms with Crippen LogP contribution < -0.4 is 14.7 Å². The number of hydrogen-bond donors (Lipinski definition) is 0. The van der Waals surface area contributed by atoms with E-state index in [0.717, 1.165) is 36.9 Å². The van der Waals surface area contributed by atoms with E-state index in [2.05, 4.69) is 20.0 Å². The monoisotopic (exact) mass is 418 g/mol. The number of morpholine rings is 1. The van der Waals surface area contributed by atoms with Gasteiger partial charge in [0, 0.05) is 39.3 Å². The molecule has 158 valence electrons. The van der Waals surface area contributed by atoms with Crippen LogP contribution in [0.25, 0.3) is 0 Å². The van der Waals surface area contributed by atoms with Crippen molar-refractivity contribution in [1.82, 2.24) is 10.2 Å². The maximum atomic E-state index is 12.9. The van der Waals surface area contributed by atoms with Crippen molar-refractivity contribution in [2.24, 2.45) is 0 Å². The van der Waals surface area contributed by atoms with E-state index in [1.54, 1.807) is 0 Å². The standard InChI is InChI=1S/C20H21F3N6O/c21-20(22,23)16-1-2-17(15(13-16)14-24)27-5-7-28(8-6-27)18-3-4-19(26-25-18)29-9-11-30-12-10-29/h1-4,13H,5-12H2. The summed E-state index contributed by atoms with van der Waals surface area (Å²) in [6.07, 6.45) is -4.46. The van der Waals surface area contributed by atoms with Crippen molar-refractivity contribution in [2.45, 2.75) is 6.18 Å². The lowest BCUT2D eigenvalue weighted by Crippen LogP contribution is -2.47. The van der Waals surface area contributed by atoms with Gasteiger partial charge in [0.25, 0.3) is 0 Å². The molecule has 4 rings (SSSR count). The highest BCUT2D eigenvalue weighted by Crippen LogP contribution is 2.33. The van der Waals surface area contributed by atoms with Crippen molar-refractivity contribution in [3.05, 3.63) is 41.5 Å². The molecular weight excluding hydrogens is 397 g/mol. The van der Waals surface area contributed by atoms with Crippen LogP contribution in [0.3, 0.4) is 0 Å². The Labute approximate surface area is 172 Å². The minimum atomic E-state index is -4.46. The molecule has 3 heterocycles. The number of alkyl halides is 3. The molecule has 2 aliphatic heterocycles. The lowest BCUT2D eigenvalue weighted by Gasteiger charge is -2.37. The van der Waals surface area contributed by atoms with Crippen LogP contribution in [-0.4, -0.2) is 62.7 Å². The van der Waals surface area contributed by atoms with E-state index in [-0.39, 0.29) is 5.56 Å². The van der Waals surface area contributed by atoms with Crippen LogP contribution in [0.5, 0.6) is 0 Å². The van der Waals surface area contributed by atoms with E-state index in [4.69, 9.17) is 4.74 Å². The van der Waals surface area contributed by atoms with Crippen LogP contribution in [-0.2, 0) is 10.9 Å². The third kappa shape index (κ3) is 4.26. The summed E-state index contributed by atoms with van der Waals surface area (Å²) in [7, 11) is 0. The third-order valence-corrected chi connectivity index (χ3v) is 5.36. The zero-order valence-corrected chi connectivity index (χ0v) is 16.3. The van der Waals surface area contributed by atoms with Gasteiger partial charge in [0.1, 0.15) is 6.07 Å². The predicted octanol–water partition coefficient (Wildman–Crippen LogP) is 2.53. The normalized spacial score (nSPS) is 17.7. The minimum Gasteiger partial charge on any atom is -0.378 e. The molecule has 30 heavy (non-hydrogen) atoms. The van der Waals surface area contributed by atoms with Gasteiger partial charge in [0.2, 0.25) is 0 Å². The first kappa shape index (κ1) is 20.2. The number of rotatable bonds is 3. The summed E-state index contributed by atoms with van der Waals surface area (Å²) in [4.78, 5) is 6.15. The molecule has 2 fully saturated rings. The number of aromatic nitrogens is 2. The molecule has 10 heteroatoms. The summed E-state index contributed by atoms with van der Waals surface area (Å²) in [6.45, 7) is 5.37. The maximum Gasteiger partial charge on any atom is 0.416 e. The summed E-state index contributed by atoms with van der Waals surface area (Å²) in [5.74, 6) is 1.59. The SMILES string of the molecule is N#Cc1cc(C(F)(F)F)ccc1N1CCN(c2ccc(N3CCOCC3)nn2)CC1. The molecule has 0 amide bonds. The number of ether oxygens (including phenoxy) is 1. The fourth-order valence-electron chi connectivity index (χ4n) is 3.70. The third-order valence-electron chi connectivity index (χ3n) is 5.36. The molecule has 2 saturated heterocycles. The first-order valence-electron chi connectivity index (χ1n) is 9.73. The smallest absolute Gasteiger partial charge is 0.378 e. The molecule has 0 atom stereocenters. The van der Waals surface area contributed by atoms with Crippen LogP contribution in [0, 0.1) is 11.3 Å². The van der Waals surface area contributed by atoms with Crippen molar-refractivity contribution in [3.63, 3.8) is 0 Å². The molecule has 0 saturated carbocycles. The lowest BCUT2D eigenvalue weighted by atomic mass is 10.1. The van der Waals surface area contributed by atoms with Crippen LogP contribution in [0.1, 0.15) is 11.1 Å². The Kier molecular flexibility index (Phi) is 5.63. The van der Waals surface area contributed by atoms with Crippen LogP contribution in [0.2, 0.25) is 0 Å². The highest BCUT2D eigenvalue weighted by molar-refractivity contribution is 5.61. The van der Waals surface area contributed by atoms with E-state index in [0.29, 0.717) is 45.1 Å². The molecule has 2 aromatic rings. The zero-order valence-electron chi connectivity index (χ0n) is 16.3. The number of halogens is 3.